The van der Waals surface area contributed by atoms with Crippen LogP contribution in [-0.4, -0.2) is 36.7 Å². The predicted octanol–water partition coefficient (Wildman–Crippen LogP) is 1.32. The second-order valence-corrected chi connectivity index (χ2v) is 5.46. The maximum atomic E-state index is 12.3. The van der Waals surface area contributed by atoms with Gasteiger partial charge in [0, 0.05) is 6.54 Å². The van der Waals surface area contributed by atoms with E-state index in [1.165, 1.54) is 0 Å². The van der Waals surface area contributed by atoms with Crippen LogP contribution in [0.25, 0.3) is 0 Å². The summed E-state index contributed by atoms with van der Waals surface area (Å²) in [6, 6.07) is -0.0839. The van der Waals surface area contributed by atoms with Gasteiger partial charge in [-0.25, -0.2) is 5.06 Å². The highest BCUT2D eigenvalue weighted by Crippen LogP contribution is 2.31. The lowest BCUT2D eigenvalue weighted by Crippen LogP contribution is -2.57. The van der Waals surface area contributed by atoms with Gasteiger partial charge in [-0.05, 0) is 37.6 Å². The quantitative estimate of drug-likeness (QED) is 0.733. The van der Waals surface area contributed by atoms with Crippen molar-refractivity contribution in [3.63, 3.8) is 0 Å². The summed E-state index contributed by atoms with van der Waals surface area (Å²) in [5, 5.41) is 4.90. The first-order valence-corrected chi connectivity index (χ1v) is 6.29. The molecule has 0 aromatic rings. The van der Waals surface area contributed by atoms with Crippen molar-refractivity contribution in [3.8, 4) is 0 Å². The zero-order valence-corrected chi connectivity index (χ0v) is 10.3. The van der Waals surface area contributed by atoms with Crippen LogP contribution in [0, 0.1) is 5.41 Å². The highest BCUT2D eigenvalue weighted by atomic mass is 16.7. The minimum atomic E-state index is -0.0839. The largest absolute Gasteiger partial charge is 0.305 e. The average Bonchev–Trinajstić information content (AvgIpc) is 2.29. The topological polar surface area (TPSA) is 41.6 Å². The van der Waals surface area contributed by atoms with Gasteiger partial charge in [-0.2, -0.15) is 0 Å². The molecule has 0 radical (unpaired) electrons. The van der Waals surface area contributed by atoms with E-state index in [1.54, 1.807) is 5.06 Å². The maximum Gasteiger partial charge on any atom is 0.263 e. The van der Waals surface area contributed by atoms with Crippen LogP contribution in [0.2, 0.25) is 0 Å². The second-order valence-electron chi connectivity index (χ2n) is 5.46. The van der Waals surface area contributed by atoms with Crippen LogP contribution in [0.3, 0.4) is 0 Å². The minimum Gasteiger partial charge on any atom is -0.305 e. The molecule has 4 heteroatoms. The van der Waals surface area contributed by atoms with Crippen molar-refractivity contribution in [1.82, 2.24) is 10.4 Å². The maximum absolute atomic E-state index is 12.3. The van der Waals surface area contributed by atoms with Gasteiger partial charge in [0.25, 0.3) is 5.91 Å². The molecule has 1 N–H and O–H groups in total. The Bertz CT molecular complexity index is 260. The number of hydrogen-bond donors (Lipinski definition) is 1. The van der Waals surface area contributed by atoms with Crippen LogP contribution < -0.4 is 5.32 Å². The van der Waals surface area contributed by atoms with Crippen molar-refractivity contribution in [2.45, 2.75) is 45.6 Å². The number of hydrogen-bond acceptors (Lipinski definition) is 3. The van der Waals surface area contributed by atoms with Gasteiger partial charge >= 0.3 is 0 Å². The molecule has 92 valence electrons. The number of amides is 1. The first kappa shape index (κ1) is 11.9. The van der Waals surface area contributed by atoms with Gasteiger partial charge in [0.1, 0.15) is 0 Å². The molecule has 16 heavy (non-hydrogen) atoms. The summed E-state index contributed by atoms with van der Waals surface area (Å²) >= 11 is 0. The molecule has 2 aliphatic heterocycles. The van der Waals surface area contributed by atoms with Crippen molar-refractivity contribution >= 4 is 5.91 Å². The number of carbonyl (C=O) groups is 1. The summed E-state index contributed by atoms with van der Waals surface area (Å²) in [6.07, 6.45) is 4.37. The Labute approximate surface area is 97.3 Å². The van der Waals surface area contributed by atoms with E-state index in [0.29, 0.717) is 6.61 Å². The van der Waals surface area contributed by atoms with E-state index in [9.17, 15) is 4.79 Å². The van der Waals surface area contributed by atoms with Crippen LogP contribution in [0.1, 0.15) is 39.5 Å². The fourth-order valence-corrected chi connectivity index (χ4v) is 2.55. The van der Waals surface area contributed by atoms with E-state index < -0.39 is 0 Å². The molecule has 2 saturated heterocycles. The third-order valence-electron chi connectivity index (χ3n) is 3.62. The van der Waals surface area contributed by atoms with Crippen molar-refractivity contribution in [3.05, 3.63) is 0 Å². The molecule has 0 spiro atoms. The van der Waals surface area contributed by atoms with Gasteiger partial charge in [-0.15, -0.1) is 0 Å². The summed E-state index contributed by atoms with van der Waals surface area (Å²) in [5.41, 5.74) is 0.0378. The molecule has 0 aromatic heterocycles. The third-order valence-corrected chi connectivity index (χ3v) is 3.62. The van der Waals surface area contributed by atoms with Crippen LogP contribution in [-0.2, 0) is 9.63 Å². The Kier molecular flexibility index (Phi) is 3.50. The fraction of sp³-hybridized carbons (Fsp3) is 0.917. The Morgan fingerprint density at radius 2 is 2.19 bits per heavy atom. The van der Waals surface area contributed by atoms with Crippen LogP contribution >= 0.6 is 0 Å². The number of piperidine rings is 1. The van der Waals surface area contributed by atoms with E-state index in [4.69, 9.17) is 4.84 Å². The van der Waals surface area contributed by atoms with Crippen LogP contribution in [0.4, 0.5) is 0 Å². The van der Waals surface area contributed by atoms with E-state index in [2.05, 4.69) is 19.2 Å². The van der Waals surface area contributed by atoms with Crippen LogP contribution in [0.5, 0.6) is 0 Å². The summed E-state index contributed by atoms with van der Waals surface area (Å²) in [5.74, 6) is 0.115. The summed E-state index contributed by atoms with van der Waals surface area (Å²) in [6.45, 7) is 6.68. The van der Waals surface area contributed by atoms with Crippen molar-refractivity contribution in [2.75, 3.05) is 19.7 Å². The van der Waals surface area contributed by atoms with Gasteiger partial charge < -0.3 is 5.32 Å². The van der Waals surface area contributed by atoms with E-state index in [1.807, 2.05) is 0 Å². The molecule has 2 aliphatic rings. The lowest BCUT2D eigenvalue weighted by molar-refractivity contribution is -0.202. The van der Waals surface area contributed by atoms with Crippen molar-refractivity contribution in [2.24, 2.45) is 5.41 Å². The van der Waals surface area contributed by atoms with Gasteiger partial charge in [-0.3, -0.25) is 9.63 Å². The molecule has 0 aliphatic carbocycles. The lowest BCUT2D eigenvalue weighted by atomic mass is 9.77. The minimum absolute atomic E-state index is 0.0378. The Hall–Kier alpha value is -0.610. The molecule has 1 atom stereocenters. The Morgan fingerprint density at radius 3 is 2.81 bits per heavy atom. The summed E-state index contributed by atoms with van der Waals surface area (Å²) in [7, 11) is 0. The first-order chi connectivity index (χ1) is 7.61. The van der Waals surface area contributed by atoms with Gasteiger partial charge in [-0.1, -0.05) is 13.8 Å². The molecule has 4 nitrogen and oxygen atoms in total. The van der Waals surface area contributed by atoms with E-state index in [-0.39, 0.29) is 17.4 Å². The molecular weight excluding hydrogens is 204 g/mol. The molecule has 0 saturated carbocycles. The lowest BCUT2D eigenvalue weighted by Gasteiger charge is -2.41. The molecule has 1 amide bonds. The number of rotatable bonds is 1. The zero-order valence-electron chi connectivity index (χ0n) is 10.3. The molecule has 2 heterocycles. The Balaban J connectivity index is 2.01. The highest BCUT2D eigenvalue weighted by molar-refractivity contribution is 5.82. The number of nitrogens with one attached hydrogen (secondary N) is 1. The van der Waals surface area contributed by atoms with Gasteiger partial charge in [0.15, 0.2) is 0 Å². The van der Waals surface area contributed by atoms with Gasteiger partial charge in [0.05, 0.1) is 12.6 Å². The monoisotopic (exact) mass is 226 g/mol. The zero-order chi connectivity index (χ0) is 11.6. The molecule has 2 fully saturated rings. The first-order valence-electron chi connectivity index (χ1n) is 6.29. The van der Waals surface area contributed by atoms with Gasteiger partial charge in [0.2, 0.25) is 0 Å². The SMILES string of the molecule is CC1(C)CCCNC1C(=O)N1CCCCO1. The van der Waals surface area contributed by atoms with Crippen LogP contribution in [0.15, 0.2) is 0 Å². The van der Waals surface area contributed by atoms with Crippen molar-refractivity contribution in [1.29, 1.82) is 0 Å². The molecule has 1 unspecified atom stereocenters. The second kappa shape index (κ2) is 4.72. The van der Waals surface area contributed by atoms with E-state index >= 15 is 0 Å². The molecular formula is C12H22N2O2. The van der Waals surface area contributed by atoms with Crippen molar-refractivity contribution < 1.29 is 9.63 Å². The average molecular weight is 226 g/mol. The van der Waals surface area contributed by atoms with E-state index in [0.717, 1.165) is 38.8 Å². The Morgan fingerprint density at radius 1 is 1.38 bits per heavy atom. The smallest absolute Gasteiger partial charge is 0.263 e. The third kappa shape index (κ3) is 2.38. The fourth-order valence-electron chi connectivity index (χ4n) is 2.55. The summed E-state index contributed by atoms with van der Waals surface area (Å²) in [4.78, 5) is 17.7. The normalized spacial score (nSPS) is 30.1. The molecule has 2 rings (SSSR count). The molecule has 0 aromatic carbocycles. The number of nitrogens with zero attached hydrogens (tertiary/aromatic N) is 1. The summed E-state index contributed by atoms with van der Waals surface area (Å²) < 4.78 is 0. The standard InChI is InChI=1S/C12H22N2O2/c1-12(2)6-5-7-13-10(12)11(15)14-8-3-4-9-16-14/h10,13H,3-9H2,1-2H3. The number of carbonyl (C=O) groups excluding carboxylic acids is 1. The number of hydroxylamine groups is 2. The molecule has 0 bridgehead atoms. The highest BCUT2D eigenvalue weighted by Gasteiger charge is 2.39. The predicted molar refractivity (Wildman–Crippen MR) is 61.7 cm³/mol.